The molecule has 0 spiro atoms. The Morgan fingerprint density at radius 2 is 2.27 bits per heavy atom. The van der Waals surface area contributed by atoms with Crippen molar-refractivity contribution in [1.82, 2.24) is 14.9 Å². The molecule has 1 aromatic carbocycles. The van der Waals surface area contributed by atoms with E-state index >= 15 is 0 Å². The highest BCUT2D eigenvalue weighted by atomic mass is 16.5. The summed E-state index contributed by atoms with van der Waals surface area (Å²) in [7, 11) is 0. The minimum Gasteiger partial charge on any atom is -0.487 e. The first-order valence-electron chi connectivity index (χ1n) is 8.50. The van der Waals surface area contributed by atoms with E-state index in [1.165, 1.54) is 6.39 Å². The number of rotatable bonds is 3. The number of nitrogens with zero attached hydrogens (tertiary/aromatic N) is 3. The van der Waals surface area contributed by atoms with Gasteiger partial charge in [-0.2, -0.15) is 0 Å². The van der Waals surface area contributed by atoms with Crippen LogP contribution in [-0.2, 0) is 0 Å². The summed E-state index contributed by atoms with van der Waals surface area (Å²) >= 11 is 0. The van der Waals surface area contributed by atoms with Gasteiger partial charge in [0.05, 0.1) is 12.2 Å². The Balaban J connectivity index is 1.47. The fourth-order valence-electron chi connectivity index (χ4n) is 3.24. The number of hydrogen-bond donors (Lipinski definition) is 1. The number of fused-ring (bicyclic) bond motifs is 1. The van der Waals surface area contributed by atoms with E-state index in [2.05, 4.69) is 9.97 Å². The zero-order valence-electron chi connectivity index (χ0n) is 14.3. The number of β-amino-alcohol motifs (C(OH)–C–C–N with tert-alkyl or cyclic N) is 1. The van der Waals surface area contributed by atoms with Crippen LogP contribution >= 0.6 is 0 Å². The van der Waals surface area contributed by atoms with Gasteiger partial charge in [-0.1, -0.05) is 12.1 Å². The summed E-state index contributed by atoms with van der Waals surface area (Å²) in [5.41, 5.74) is 0.548. The zero-order chi connectivity index (χ0) is 18.1. The minimum absolute atomic E-state index is 0.190. The van der Waals surface area contributed by atoms with Gasteiger partial charge in [0.15, 0.2) is 6.39 Å². The van der Waals surface area contributed by atoms with E-state index in [1.807, 2.05) is 24.3 Å². The highest BCUT2D eigenvalue weighted by Crippen LogP contribution is 2.28. The number of aromatic nitrogens is 2. The summed E-state index contributed by atoms with van der Waals surface area (Å²) in [6, 6.07) is 7.64. The Bertz CT molecular complexity index is 934. The van der Waals surface area contributed by atoms with Crippen LogP contribution in [0.5, 0.6) is 5.75 Å². The summed E-state index contributed by atoms with van der Waals surface area (Å²) in [4.78, 5) is 22.1. The van der Waals surface area contributed by atoms with Crippen molar-refractivity contribution in [3.05, 3.63) is 54.5 Å². The molecule has 0 aliphatic carbocycles. The minimum atomic E-state index is -0.784. The predicted octanol–water partition coefficient (Wildman–Crippen LogP) is 2.19. The molecule has 7 nitrogen and oxygen atoms in total. The molecule has 3 heterocycles. The van der Waals surface area contributed by atoms with Crippen LogP contribution in [0.3, 0.4) is 0 Å². The quantitative estimate of drug-likeness (QED) is 0.776. The van der Waals surface area contributed by atoms with Gasteiger partial charge in [0.1, 0.15) is 18.0 Å². The highest BCUT2D eigenvalue weighted by molar-refractivity contribution is 5.92. The second kappa shape index (κ2) is 6.76. The lowest BCUT2D eigenvalue weighted by atomic mass is 10.0. The van der Waals surface area contributed by atoms with Gasteiger partial charge in [-0.05, 0) is 19.1 Å². The Morgan fingerprint density at radius 1 is 1.38 bits per heavy atom. The molecule has 2 atom stereocenters. The molecule has 3 aromatic rings. The molecule has 1 aliphatic heterocycles. The third-order valence-electron chi connectivity index (χ3n) is 4.67. The number of carbonyl (C=O) groups excluding carboxylic acids is 1. The van der Waals surface area contributed by atoms with Gasteiger partial charge in [0.2, 0.25) is 5.76 Å². The van der Waals surface area contributed by atoms with Crippen LogP contribution in [0.2, 0.25) is 0 Å². The number of aliphatic hydroxyl groups is 1. The monoisotopic (exact) mass is 353 g/mol. The first kappa shape index (κ1) is 16.5. The number of aryl methyl sites for hydroxylation is 1. The van der Waals surface area contributed by atoms with E-state index in [1.54, 1.807) is 24.2 Å². The molecule has 0 unspecified atom stereocenters. The van der Waals surface area contributed by atoms with Crippen LogP contribution in [0.4, 0.5) is 0 Å². The van der Waals surface area contributed by atoms with Crippen LogP contribution in [0, 0.1) is 6.92 Å². The molecule has 0 bridgehead atoms. The van der Waals surface area contributed by atoms with Gasteiger partial charge >= 0.3 is 0 Å². The van der Waals surface area contributed by atoms with E-state index in [4.69, 9.17) is 9.15 Å². The average Bonchev–Trinajstić information content (AvgIpc) is 3.09. The van der Waals surface area contributed by atoms with Gasteiger partial charge in [0.25, 0.3) is 5.91 Å². The number of likely N-dealkylation sites (tertiary alicyclic amines) is 1. The maximum absolute atomic E-state index is 12.5. The Kier molecular flexibility index (Phi) is 4.30. The fourth-order valence-corrected chi connectivity index (χ4v) is 3.24. The second-order valence-corrected chi connectivity index (χ2v) is 6.38. The third-order valence-corrected chi connectivity index (χ3v) is 4.67. The number of piperidine rings is 1. The lowest BCUT2D eigenvalue weighted by Gasteiger charge is -2.35. The summed E-state index contributed by atoms with van der Waals surface area (Å²) in [5, 5.41) is 12.4. The molecule has 26 heavy (non-hydrogen) atoms. The molecule has 0 radical (unpaired) electrons. The molecule has 1 aliphatic rings. The van der Waals surface area contributed by atoms with Crippen molar-refractivity contribution >= 4 is 16.7 Å². The van der Waals surface area contributed by atoms with E-state index in [0.717, 1.165) is 10.8 Å². The van der Waals surface area contributed by atoms with Gasteiger partial charge in [-0.25, -0.2) is 4.98 Å². The lowest BCUT2D eigenvalue weighted by molar-refractivity contribution is -0.0201. The molecule has 1 saturated heterocycles. The van der Waals surface area contributed by atoms with Crippen LogP contribution in [0.1, 0.15) is 22.7 Å². The smallest absolute Gasteiger partial charge is 0.291 e. The van der Waals surface area contributed by atoms with Crippen molar-refractivity contribution in [2.45, 2.75) is 25.6 Å². The van der Waals surface area contributed by atoms with Crippen molar-refractivity contribution in [3.8, 4) is 5.75 Å². The number of ether oxygens (including phenoxy) is 1. The topological polar surface area (TPSA) is 88.7 Å². The molecular weight excluding hydrogens is 334 g/mol. The summed E-state index contributed by atoms with van der Waals surface area (Å²) in [5.74, 6) is 0.673. The SMILES string of the molecule is Cc1ncoc1C(=O)N1CC[C@@H](Oc2cccc3cnccc23)[C@H](O)C1. The van der Waals surface area contributed by atoms with Crippen LogP contribution in [0.15, 0.2) is 47.5 Å². The summed E-state index contributed by atoms with van der Waals surface area (Å²) < 4.78 is 11.2. The number of oxazole rings is 1. The van der Waals surface area contributed by atoms with Crippen molar-refractivity contribution in [2.24, 2.45) is 0 Å². The van der Waals surface area contributed by atoms with Gasteiger partial charge in [-0.15, -0.1) is 0 Å². The third kappa shape index (κ3) is 3.01. The van der Waals surface area contributed by atoms with Gasteiger partial charge in [-0.3, -0.25) is 9.78 Å². The number of carbonyl (C=O) groups is 1. The van der Waals surface area contributed by atoms with Gasteiger partial charge in [0, 0.05) is 36.1 Å². The maximum atomic E-state index is 12.5. The lowest BCUT2D eigenvalue weighted by Crippen LogP contribution is -2.51. The first-order valence-corrected chi connectivity index (χ1v) is 8.50. The summed E-state index contributed by atoms with van der Waals surface area (Å²) in [6.07, 6.45) is 4.11. The van der Waals surface area contributed by atoms with Crippen molar-refractivity contribution < 1.29 is 19.1 Å². The molecule has 7 heteroatoms. The predicted molar refractivity (Wildman–Crippen MR) is 93.9 cm³/mol. The first-order chi connectivity index (χ1) is 12.6. The van der Waals surface area contributed by atoms with Crippen molar-refractivity contribution in [3.63, 3.8) is 0 Å². The molecule has 1 fully saturated rings. The zero-order valence-corrected chi connectivity index (χ0v) is 14.3. The van der Waals surface area contributed by atoms with Crippen LogP contribution < -0.4 is 4.74 Å². The van der Waals surface area contributed by atoms with E-state index in [0.29, 0.717) is 24.4 Å². The number of hydrogen-bond acceptors (Lipinski definition) is 6. The van der Waals surface area contributed by atoms with E-state index in [-0.39, 0.29) is 24.3 Å². The molecule has 1 N–H and O–H groups in total. The Labute approximate surface area is 150 Å². The van der Waals surface area contributed by atoms with Crippen LogP contribution in [0.25, 0.3) is 10.8 Å². The molecule has 1 amide bonds. The van der Waals surface area contributed by atoms with Gasteiger partial charge < -0.3 is 19.2 Å². The van der Waals surface area contributed by atoms with Crippen molar-refractivity contribution in [2.75, 3.05) is 13.1 Å². The highest BCUT2D eigenvalue weighted by Gasteiger charge is 2.33. The largest absolute Gasteiger partial charge is 0.487 e. The normalized spacial score (nSPS) is 20.3. The van der Waals surface area contributed by atoms with E-state index in [9.17, 15) is 9.90 Å². The standard InChI is InChI=1S/C19H19N3O4/c1-12-18(25-11-21-12)19(24)22-8-6-17(15(23)10-22)26-16-4-2-3-13-9-20-7-5-14(13)16/h2-5,7,9,11,15,17,23H,6,8,10H2,1H3/t15-,17-/m1/s1. The molecule has 134 valence electrons. The fraction of sp³-hybridized carbons (Fsp3) is 0.316. The number of amides is 1. The average molecular weight is 353 g/mol. The van der Waals surface area contributed by atoms with Crippen LogP contribution in [-0.4, -0.2) is 51.2 Å². The van der Waals surface area contributed by atoms with Crippen molar-refractivity contribution in [1.29, 1.82) is 0 Å². The number of pyridine rings is 1. The summed E-state index contributed by atoms with van der Waals surface area (Å²) in [6.45, 7) is 2.39. The molecule has 4 rings (SSSR count). The molecule has 0 saturated carbocycles. The maximum Gasteiger partial charge on any atom is 0.291 e. The Morgan fingerprint density at radius 3 is 3.04 bits per heavy atom. The number of aliphatic hydroxyl groups excluding tert-OH is 1. The van der Waals surface area contributed by atoms with E-state index < -0.39 is 6.10 Å². The molecular formula is C19H19N3O4. The molecule has 2 aromatic heterocycles. The Hall–Kier alpha value is -2.93. The second-order valence-electron chi connectivity index (χ2n) is 6.38. The number of benzene rings is 1.